The van der Waals surface area contributed by atoms with Gasteiger partial charge in [0.25, 0.3) is 0 Å². The van der Waals surface area contributed by atoms with E-state index >= 15 is 0 Å². The van der Waals surface area contributed by atoms with Crippen molar-refractivity contribution < 1.29 is 9.59 Å². The molecule has 1 unspecified atom stereocenters. The van der Waals surface area contributed by atoms with E-state index in [0.717, 1.165) is 25.2 Å². The summed E-state index contributed by atoms with van der Waals surface area (Å²) in [5.74, 6) is -0.355. The highest BCUT2D eigenvalue weighted by Gasteiger charge is 2.28. The second kappa shape index (κ2) is 8.54. The lowest BCUT2D eigenvalue weighted by Crippen LogP contribution is -2.55. The molecule has 1 aliphatic rings. The van der Waals surface area contributed by atoms with E-state index in [4.69, 9.17) is 17.3 Å². The van der Waals surface area contributed by atoms with Crippen LogP contribution >= 0.6 is 11.6 Å². The Morgan fingerprint density at radius 2 is 1.96 bits per heavy atom. The molecule has 1 aromatic rings. The second-order valence-electron chi connectivity index (χ2n) is 6.70. The summed E-state index contributed by atoms with van der Waals surface area (Å²) in [6.07, 6.45) is 1.41. The number of hydrogen-bond acceptors (Lipinski definition) is 4. The maximum absolute atomic E-state index is 12.3. The van der Waals surface area contributed by atoms with Crippen LogP contribution in [0.1, 0.15) is 26.7 Å². The number of hydrogen-bond donors (Lipinski definition) is 2. The Bertz CT molecular complexity index is 613. The molecule has 1 aliphatic heterocycles. The summed E-state index contributed by atoms with van der Waals surface area (Å²) in [4.78, 5) is 28.4. The van der Waals surface area contributed by atoms with Gasteiger partial charge in [-0.1, -0.05) is 31.0 Å². The van der Waals surface area contributed by atoms with Crippen LogP contribution in [0, 0.1) is 0 Å². The number of rotatable bonds is 6. The Labute approximate surface area is 154 Å². The van der Waals surface area contributed by atoms with Crippen LogP contribution in [0.2, 0.25) is 5.02 Å². The molecule has 1 fully saturated rings. The van der Waals surface area contributed by atoms with E-state index < -0.39 is 5.54 Å². The molecule has 0 bridgehead atoms. The molecule has 7 heteroatoms. The molecule has 1 saturated heterocycles. The van der Waals surface area contributed by atoms with Crippen LogP contribution in [0.4, 0.5) is 5.69 Å². The summed E-state index contributed by atoms with van der Waals surface area (Å²) in [5.41, 5.74) is 6.11. The maximum atomic E-state index is 12.3. The number of piperazine rings is 1. The summed E-state index contributed by atoms with van der Waals surface area (Å²) in [7, 11) is 0. The Balaban J connectivity index is 1.80. The van der Waals surface area contributed by atoms with E-state index in [1.807, 2.05) is 31.2 Å². The highest BCUT2D eigenvalue weighted by molar-refractivity contribution is 6.30. The molecule has 3 N–H and O–H groups in total. The average molecular weight is 367 g/mol. The lowest BCUT2D eigenvalue weighted by atomic mass is 9.96. The largest absolute Gasteiger partial charge is 0.368 e. The van der Waals surface area contributed by atoms with Crippen LogP contribution in [0.25, 0.3) is 0 Å². The number of amides is 2. The lowest BCUT2D eigenvalue weighted by Gasteiger charge is -2.36. The molecule has 0 spiro atoms. The van der Waals surface area contributed by atoms with Crippen molar-refractivity contribution in [2.24, 2.45) is 5.73 Å². The monoisotopic (exact) mass is 366 g/mol. The third-order valence-electron chi connectivity index (χ3n) is 4.49. The molecule has 0 aliphatic carbocycles. The molecule has 0 saturated carbocycles. The van der Waals surface area contributed by atoms with Gasteiger partial charge in [-0.05, 0) is 31.5 Å². The predicted molar refractivity (Wildman–Crippen MR) is 101 cm³/mol. The van der Waals surface area contributed by atoms with Crippen LogP contribution in [0.3, 0.4) is 0 Å². The van der Waals surface area contributed by atoms with Crippen molar-refractivity contribution in [3.63, 3.8) is 0 Å². The minimum absolute atomic E-state index is 0.00744. The normalized spacial score (nSPS) is 17.1. The summed E-state index contributed by atoms with van der Waals surface area (Å²) >= 11 is 6.03. The molecule has 0 aromatic heterocycles. The predicted octanol–water partition coefficient (Wildman–Crippen LogP) is 1.62. The number of nitrogens with one attached hydrogen (secondary N) is 1. The maximum Gasteiger partial charge on any atom is 0.242 e. The number of carbonyl (C=O) groups is 2. The molecule has 6 nitrogen and oxygen atoms in total. The van der Waals surface area contributed by atoms with Crippen LogP contribution < -0.4 is 16.0 Å². The fourth-order valence-corrected chi connectivity index (χ4v) is 3.17. The van der Waals surface area contributed by atoms with E-state index in [2.05, 4.69) is 10.2 Å². The van der Waals surface area contributed by atoms with E-state index in [1.54, 1.807) is 11.8 Å². The van der Waals surface area contributed by atoms with Gasteiger partial charge in [-0.2, -0.15) is 0 Å². The van der Waals surface area contributed by atoms with E-state index in [1.165, 1.54) is 0 Å². The number of nitrogens with zero attached hydrogens (tertiary/aromatic N) is 2. The SMILES string of the molecule is CCCC(C)(N)C(=O)NCC(=O)N1CCN(c2cccc(Cl)c2)CC1. The summed E-state index contributed by atoms with van der Waals surface area (Å²) in [5, 5.41) is 3.37. The van der Waals surface area contributed by atoms with Crippen molar-refractivity contribution in [2.75, 3.05) is 37.6 Å². The van der Waals surface area contributed by atoms with Gasteiger partial charge >= 0.3 is 0 Å². The third-order valence-corrected chi connectivity index (χ3v) is 4.73. The molecule has 2 rings (SSSR count). The molecular weight excluding hydrogens is 340 g/mol. The van der Waals surface area contributed by atoms with Crippen molar-refractivity contribution in [1.29, 1.82) is 0 Å². The summed E-state index contributed by atoms with van der Waals surface area (Å²) in [6, 6.07) is 7.70. The highest BCUT2D eigenvalue weighted by atomic mass is 35.5. The van der Waals surface area contributed by atoms with Crippen molar-refractivity contribution in [3.05, 3.63) is 29.3 Å². The van der Waals surface area contributed by atoms with Gasteiger partial charge in [0.15, 0.2) is 0 Å². The third kappa shape index (κ3) is 5.34. The first kappa shape index (κ1) is 19.5. The van der Waals surface area contributed by atoms with Crippen molar-refractivity contribution in [1.82, 2.24) is 10.2 Å². The van der Waals surface area contributed by atoms with E-state index in [9.17, 15) is 9.59 Å². The topological polar surface area (TPSA) is 78.7 Å². The van der Waals surface area contributed by atoms with Crippen molar-refractivity contribution in [2.45, 2.75) is 32.2 Å². The summed E-state index contributed by atoms with van der Waals surface area (Å²) < 4.78 is 0. The van der Waals surface area contributed by atoms with Crippen molar-refractivity contribution >= 4 is 29.1 Å². The van der Waals surface area contributed by atoms with Gasteiger partial charge in [-0.3, -0.25) is 9.59 Å². The first-order valence-corrected chi connectivity index (χ1v) is 9.07. The molecule has 0 radical (unpaired) electrons. The molecule has 2 amide bonds. The van der Waals surface area contributed by atoms with Crippen LogP contribution in [-0.2, 0) is 9.59 Å². The zero-order valence-electron chi connectivity index (χ0n) is 14.9. The number of carbonyl (C=O) groups excluding carboxylic acids is 2. The quantitative estimate of drug-likeness (QED) is 0.802. The first-order valence-electron chi connectivity index (χ1n) is 8.69. The minimum atomic E-state index is -0.930. The zero-order chi connectivity index (χ0) is 18.4. The zero-order valence-corrected chi connectivity index (χ0v) is 15.7. The molecule has 1 aromatic carbocycles. The molecule has 1 heterocycles. The van der Waals surface area contributed by atoms with Crippen LogP contribution in [0.5, 0.6) is 0 Å². The number of anilines is 1. The number of nitrogens with two attached hydrogens (primary N) is 1. The fraction of sp³-hybridized carbons (Fsp3) is 0.556. The molecule has 1 atom stereocenters. The second-order valence-corrected chi connectivity index (χ2v) is 7.13. The lowest BCUT2D eigenvalue weighted by molar-refractivity contribution is -0.134. The summed E-state index contributed by atoms with van der Waals surface area (Å²) in [6.45, 7) is 6.39. The minimum Gasteiger partial charge on any atom is -0.368 e. The van der Waals surface area contributed by atoms with Gasteiger partial charge in [-0.15, -0.1) is 0 Å². The van der Waals surface area contributed by atoms with E-state index in [-0.39, 0.29) is 18.4 Å². The number of benzene rings is 1. The average Bonchev–Trinajstić information content (AvgIpc) is 2.59. The van der Waals surface area contributed by atoms with Gasteiger partial charge in [0.05, 0.1) is 12.1 Å². The van der Waals surface area contributed by atoms with Gasteiger partial charge < -0.3 is 20.9 Å². The van der Waals surface area contributed by atoms with E-state index in [0.29, 0.717) is 24.5 Å². The molecule has 138 valence electrons. The van der Waals surface area contributed by atoms with Crippen LogP contribution in [0.15, 0.2) is 24.3 Å². The highest BCUT2D eigenvalue weighted by Crippen LogP contribution is 2.20. The fourth-order valence-electron chi connectivity index (χ4n) is 2.99. The Hall–Kier alpha value is -1.79. The Kier molecular flexibility index (Phi) is 6.67. The number of halogens is 1. The first-order chi connectivity index (χ1) is 11.8. The van der Waals surface area contributed by atoms with Gasteiger partial charge in [0.2, 0.25) is 11.8 Å². The smallest absolute Gasteiger partial charge is 0.242 e. The van der Waals surface area contributed by atoms with Crippen LogP contribution in [-0.4, -0.2) is 55.0 Å². The molecular formula is C18H27ClN4O2. The van der Waals surface area contributed by atoms with Gasteiger partial charge in [0.1, 0.15) is 0 Å². The Morgan fingerprint density at radius 3 is 2.56 bits per heavy atom. The van der Waals surface area contributed by atoms with Gasteiger partial charge in [0, 0.05) is 36.9 Å². The Morgan fingerprint density at radius 1 is 1.28 bits per heavy atom. The van der Waals surface area contributed by atoms with Crippen molar-refractivity contribution in [3.8, 4) is 0 Å². The molecule has 25 heavy (non-hydrogen) atoms. The standard InChI is InChI=1S/C18H27ClN4O2/c1-3-7-18(2,20)17(25)21-13-16(24)23-10-8-22(9-11-23)15-6-4-5-14(19)12-15/h4-6,12H,3,7-11,13,20H2,1-2H3,(H,21,25). The van der Waals surface area contributed by atoms with Gasteiger partial charge in [-0.25, -0.2) is 0 Å².